The Hall–Kier alpha value is -1.03. The Labute approximate surface area is 94.9 Å². The Morgan fingerprint density at radius 2 is 1.31 bits per heavy atom. The lowest BCUT2D eigenvalue weighted by Gasteiger charge is -2.13. The summed E-state index contributed by atoms with van der Waals surface area (Å²) in [7, 11) is 0. The summed E-state index contributed by atoms with van der Waals surface area (Å²) in [6.07, 6.45) is -6.96. The zero-order valence-electron chi connectivity index (χ0n) is 10.0. The van der Waals surface area contributed by atoms with Gasteiger partial charge in [0, 0.05) is 0 Å². The SMILES string of the molecule is CC.CC.OC(c1ccccc1)C(F)(F)F. The average molecular weight is 236 g/mol. The summed E-state index contributed by atoms with van der Waals surface area (Å²) in [6.45, 7) is 8.00. The second kappa shape index (κ2) is 9.21. The van der Waals surface area contributed by atoms with E-state index in [2.05, 4.69) is 0 Å². The quantitative estimate of drug-likeness (QED) is 0.769. The molecule has 4 heteroatoms. The van der Waals surface area contributed by atoms with E-state index in [0.717, 1.165) is 0 Å². The van der Waals surface area contributed by atoms with Crippen molar-refractivity contribution in [2.24, 2.45) is 0 Å². The van der Waals surface area contributed by atoms with E-state index in [1.807, 2.05) is 27.7 Å². The lowest BCUT2D eigenvalue weighted by molar-refractivity contribution is -0.206. The molecule has 0 aromatic heterocycles. The fraction of sp³-hybridized carbons (Fsp3) is 0.500. The summed E-state index contributed by atoms with van der Waals surface area (Å²) >= 11 is 0. The maximum absolute atomic E-state index is 11.9. The third kappa shape index (κ3) is 6.45. The largest absolute Gasteiger partial charge is 0.418 e. The number of aliphatic hydroxyl groups excluding tert-OH is 1. The highest BCUT2D eigenvalue weighted by Gasteiger charge is 2.38. The molecule has 1 aromatic rings. The summed E-state index contributed by atoms with van der Waals surface area (Å²) in [5, 5.41) is 8.73. The maximum Gasteiger partial charge on any atom is 0.418 e. The molecule has 1 atom stereocenters. The molecule has 0 aliphatic rings. The van der Waals surface area contributed by atoms with Crippen molar-refractivity contribution in [3.05, 3.63) is 35.9 Å². The van der Waals surface area contributed by atoms with Crippen LogP contribution in [0.3, 0.4) is 0 Å². The number of benzene rings is 1. The highest BCUT2D eigenvalue weighted by molar-refractivity contribution is 5.18. The van der Waals surface area contributed by atoms with Gasteiger partial charge in [-0.25, -0.2) is 0 Å². The van der Waals surface area contributed by atoms with E-state index < -0.39 is 12.3 Å². The van der Waals surface area contributed by atoms with Gasteiger partial charge in [-0.15, -0.1) is 0 Å². The topological polar surface area (TPSA) is 20.2 Å². The van der Waals surface area contributed by atoms with Crippen LogP contribution in [0.1, 0.15) is 39.4 Å². The van der Waals surface area contributed by atoms with Gasteiger partial charge in [-0.05, 0) is 5.56 Å². The van der Waals surface area contributed by atoms with Gasteiger partial charge in [0.2, 0.25) is 0 Å². The van der Waals surface area contributed by atoms with Gasteiger partial charge in [-0.3, -0.25) is 0 Å². The molecule has 94 valence electrons. The normalized spacial score (nSPS) is 11.5. The summed E-state index contributed by atoms with van der Waals surface area (Å²) in [5.41, 5.74) is -0.134. The van der Waals surface area contributed by atoms with Crippen LogP contribution in [0.4, 0.5) is 13.2 Å². The van der Waals surface area contributed by atoms with E-state index >= 15 is 0 Å². The van der Waals surface area contributed by atoms with Crippen LogP contribution >= 0.6 is 0 Å². The molecule has 0 radical (unpaired) electrons. The van der Waals surface area contributed by atoms with E-state index in [9.17, 15) is 13.2 Å². The molecule has 16 heavy (non-hydrogen) atoms. The first-order chi connectivity index (χ1) is 7.52. The lowest BCUT2D eigenvalue weighted by Crippen LogP contribution is -2.19. The highest BCUT2D eigenvalue weighted by Crippen LogP contribution is 2.31. The van der Waals surface area contributed by atoms with Crippen LogP contribution in [0.15, 0.2) is 30.3 Å². The summed E-state index contributed by atoms with van der Waals surface area (Å²) in [4.78, 5) is 0. The van der Waals surface area contributed by atoms with Crippen LogP contribution in [-0.4, -0.2) is 11.3 Å². The molecule has 1 aromatic carbocycles. The van der Waals surface area contributed by atoms with Crippen LogP contribution in [0.25, 0.3) is 0 Å². The minimum absolute atomic E-state index is 0.134. The molecular formula is C12H19F3O. The average Bonchev–Trinajstić information content (AvgIpc) is 2.33. The zero-order valence-corrected chi connectivity index (χ0v) is 10.0. The molecule has 1 nitrogen and oxygen atoms in total. The van der Waals surface area contributed by atoms with Crippen LogP contribution in [0.5, 0.6) is 0 Å². The number of alkyl halides is 3. The van der Waals surface area contributed by atoms with Gasteiger partial charge in [0.05, 0.1) is 0 Å². The van der Waals surface area contributed by atoms with Crippen molar-refractivity contribution in [3.63, 3.8) is 0 Å². The minimum atomic E-state index is -4.58. The molecule has 0 aliphatic heterocycles. The molecule has 0 heterocycles. The van der Waals surface area contributed by atoms with Gasteiger partial charge in [0.1, 0.15) is 0 Å². The molecule has 1 N–H and O–H groups in total. The molecule has 0 saturated carbocycles. The maximum atomic E-state index is 11.9. The zero-order chi connectivity index (χ0) is 13.2. The number of aliphatic hydroxyl groups is 1. The van der Waals surface area contributed by atoms with E-state index in [0.29, 0.717) is 0 Å². The van der Waals surface area contributed by atoms with E-state index in [1.165, 1.54) is 24.3 Å². The summed E-state index contributed by atoms with van der Waals surface area (Å²) in [5.74, 6) is 0. The molecule has 0 amide bonds. The molecule has 1 unspecified atom stereocenters. The van der Waals surface area contributed by atoms with Crippen LogP contribution in [0, 0.1) is 0 Å². The van der Waals surface area contributed by atoms with E-state index in [1.54, 1.807) is 6.07 Å². The van der Waals surface area contributed by atoms with Gasteiger partial charge < -0.3 is 5.11 Å². The van der Waals surface area contributed by atoms with Crippen molar-refractivity contribution in [3.8, 4) is 0 Å². The van der Waals surface area contributed by atoms with Gasteiger partial charge in [-0.2, -0.15) is 13.2 Å². The first kappa shape index (κ1) is 17.4. The Morgan fingerprint density at radius 3 is 1.62 bits per heavy atom. The van der Waals surface area contributed by atoms with Gasteiger partial charge in [-0.1, -0.05) is 58.0 Å². The Balaban J connectivity index is 0. The van der Waals surface area contributed by atoms with Gasteiger partial charge in [0.25, 0.3) is 0 Å². The standard InChI is InChI=1S/C8H7F3O.2C2H6/c9-8(10,11)7(12)6-4-2-1-3-5-6;2*1-2/h1-5,7,12H;2*1-2H3. The third-order valence-electron chi connectivity index (χ3n) is 1.43. The fourth-order valence-electron chi connectivity index (χ4n) is 0.824. The molecule has 1 rings (SSSR count). The van der Waals surface area contributed by atoms with E-state index in [4.69, 9.17) is 5.11 Å². The van der Waals surface area contributed by atoms with Gasteiger partial charge in [0.15, 0.2) is 6.10 Å². The second-order valence-electron chi connectivity index (χ2n) is 2.35. The van der Waals surface area contributed by atoms with Crippen molar-refractivity contribution >= 4 is 0 Å². The van der Waals surface area contributed by atoms with Gasteiger partial charge >= 0.3 is 6.18 Å². The van der Waals surface area contributed by atoms with Crippen LogP contribution < -0.4 is 0 Å². The molecule has 0 saturated heterocycles. The summed E-state index contributed by atoms with van der Waals surface area (Å²) in [6, 6.07) is 6.96. The highest BCUT2D eigenvalue weighted by atomic mass is 19.4. The molecule has 0 aliphatic carbocycles. The van der Waals surface area contributed by atoms with Crippen LogP contribution in [-0.2, 0) is 0 Å². The third-order valence-corrected chi connectivity index (χ3v) is 1.43. The van der Waals surface area contributed by atoms with Crippen molar-refractivity contribution in [2.45, 2.75) is 40.0 Å². The van der Waals surface area contributed by atoms with Crippen molar-refractivity contribution < 1.29 is 18.3 Å². The molecule has 0 spiro atoms. The minimum Gasteiger partial charge on any atom is -0.379 e. The van der Waals surface area contributed by atoms with Crippen molar-refractivity contribution in [1.29, 1.82) is 0 Å². The first-order valence-electron chi connectivity index (χ1n) is 5.31. The van der Waals surface area contributed by atoms with Crippen molar-refractivity contribution in [1.82, 2.24) is 0 Å². The predicted molar refractivity (Wildman–Crippen MR) is 60.2 cm³/mol. The predicted octanol–water partition coefficient (Wildman–Crippen LogP) is 4.33. The molecular weight excluding hydrogens is 217 g/mol. The number of rotatable bonds is 1. The number of hydrogen-bond donors (Lipinski definition) is 1. The van der Waals surface area contributed by atoms with Crippen LogP contribution in [0.2, 0.25) is 0 Å². The van der Waals surface area contributed by atoms with Crippen molar-refractivity contribution in [2.75, 3.05) is 0 Å². The number of hydrogen-bond acceptors (Lipinski definition) is 1. The monoisotopic (exact) mass is 236 g/mol. The Bertz CT molecular complexity index is 244. The molecule has 0 bridgehead atoms. The lowest BCUT2D eigenvalue weighted by atomic mass is 10.1. The second-order valence-corrected chi connectivity index (χ2v) is 2.35. The van der Waals surface area contributed by atoms with E-state index in [-0.39, 0.29) is 5.56 Å². The fourth-order valence-corrected chi connectivity index (χ4v) is 0.824. The Kier molecular flexibility index (Phi) is 10.0. The number of halogens is 3. The summed E-state index contributed by atoms with van der Waals surface area (Å²) < 4.78 is 35.7. The molecule has 0 fully saturated rings. The first-order valence-corrected chi connectivity index (χ1v) is 5.31. The smallest absolute Gasteiger partial charge is 0.379 e. The Morgan fingerprint density at radius 1 is 0.938 bits per heavy atom.